The number of fused-ring (bicyclic) bond motifs is 1. The van der Waals surface area contributed by atoms with E-state index in [0.29, 0.717) is 16.5 Å². The van der Waals surface area contributed by atoms with Crippen molar-refractivity contribution in [3.63, 3.8) is 0 Å². The van der Waals surface area contributed by atoms with Gasteiger partial charge >= 0.3 is 6.18 Å². The third-order valence-corrected chi connectivity index (χ3v) is 2.33. The van der Waals surface area contributed by atoms with Gasteiger partial charge in [-0.3, -0.25) is 4.79 Å². The summed E-state index contributed by atoms with van der Waals surface area (Å²) in [6.07, 6.45) is -4.39. The summed E-state index contributed by atoms with van der Waals surface area (Å²) in [5, 5.41) is 0.442. The van der Waals surface area contributed by atoms with Crippen LogP contribution in [0.4, 0.5) is 13.2 Å². The van der Waals surface area contributed by atoms with Crippen molar-refractivity contribution < 1.29 is 18.0 Å². The zero-order valence-electron chi connectivity index (χ0n) is 8.35. The molecule has 0 radical (unpaired) electrons. The van der Waals surface area contributed by atoms with Crippen molar-refractivity contribution in [3.8, 4) is 0 Å². The van der Waals surface area contributed by atoms with E-state index in [1.165, 1.54) is 25.1 Å². The Kier molecular flexibility index (Phi) is 2.26. The number of hydrogen-bond acceptors (Lipinski definition) is 1. The summed E-state index contributed by atoms with van der Waals surface area (Å²) in [4.78, 5) is 13.3. The van der Waals surface area contributed by atoms with Crippen LogP contribution < -0.4 is 0 Å². The minimum absolute atomic E-state index is 0.176. The van der Waals surface area contributed by atoms with E-state index in [0.717, 1.165) is 6.07 Å². The Bertz CT molecular complexity index is 554. The van der Waals surface area contributed by atoms with Gasteiger partial charge in [0.25, 0.3) is 0 Å². The minimum atomic E-state index is -4.39. The molecule has 0 aliphatic rings. The van der Waals surface area contributed by atoms with E-state index in [1.807, 2.05) is 0 Å². The van der Waals surface area contributed by atoms with Crippen LogP contribution in [0.15, 0.2) is 24.3 Å². The molecule has 0 aliphatic carbocycles. The van der Waals surface area contributed by atoms with Crippen molar-refractivity contribution in [2.24, 2.45) is 0 Å². The second-order valence-electron chi connectivity index (χ2n) is 3.54. The number of aromatic nitrogens is 1. The zero-order valence-corrected chi connectivity index (χ0v) is 8.35. The Labute approximate surface area is 89.1 Å². The van der Waals surface area contributed by atoms with Gasteiger partial charge in [-0.15, -0.1) is 0 Å². The van der Waals surface area contributed by atoms with E-state index in [1.54, 1.807) is 0 Å². The summed E-state index contributed by atoms with van der Waals surface area (Å²) in [7, 11) is 0. The first kappa shape index (κ1) is 10.7. The smallest absolute Gasteiger partial charge is 0.351 e. The first-order valence-electron chi connectivity index (χ1n) is 4.59. The molecule has 0 atom stereocenters. The monoisotopic (exact) mass is 227 g/mol. The van der Waals surface area contributed by atoms with Gasteiger partial charge in [0.2, 0.25) is 0 Å². The Balaban J connectivity index is 2.59. The second kappa shape index (κ2) is 3.37. The molecular formula is C11H8F3NO. The molecule has 2 rings (SSSR count). The maximum Gasteiger partial charge on any atom is 0.431 e. The molecule has 1 heterocycles. The average Bonchev–Trinajstić information content (AvgIpc) is 2.58. The first-order valence-corrected chi connectivity index (χ1v) is 4.59. The predicted molar refractivity (Wildman–Crippen MR) is 53.3 cm³/mol. The number of hydrogen-bond donors (Lipinski definition) is 1. The standard InChI is InChI=1S/C11H8F3NO/c1-6(16)7-2-3-8-5-10(11(12,13)14)15-9(8)4-7/h2-5,15H,1H3. The summed E-state index contributed by atoms with van der Waals surface area (Å²) < 4.78 is 37.2. The summed E-state index contributed by atoms with van der Waals surface area (Å²) in [6.45, 7) is 1.37. The Hall–Kier alpha value is -1.78. The van der Waals surface area contributed by atoms with Crippen LogP contribution in [0.5, 0.6) is 0 Å². The van der Waals surface area contributed by atoms with Crippen LogP contribution in [-0.2, 0) is 6.18 Å². The summed E-state index contributed by atoms with van der Waals surface area (Å²) in [5.41, 5.74) is -0.0914. The lowest BCUT2D eigenvalue weighted by atomic mass is 10.1. The average molecular weight is 227 g/mol. The van der Waals surface area contributed by atoms with Crippen molar-refractivity contribution in [1.82, 2.24) is 4.98 Å². The Morgan fingerprint density at radius 2 is 1.94 bits per heavy atom. The molecule has 2 aromatic rings. The maximum absolute atomic E-state index is 12.4. The van der Waals surface area contributed by atoms with E-state index < -0.39 is 11.9 Å². The molecule has 0 fully saturated rings. The molecule has 0 saturated carbocycles. The lowest BCUT2D eigenvalue weighted by molar-refractivity contribution is -0.140. The van der Waals surface area contributed by atoms with Crippen LogP contribution in [-0.4, -0.2) is 10.8 Å². The van der Waals surface area contributed by atoms with Crippen LogP contribution in [0, 0.1) is 0 Å². The molecule has 1 aromatic carbocycles. The quantitative estimate of drug-likeness (QED) is 0.744. The molecular weight excluding hydrogens is 219 g/mol. The molecule has 0 unspecified atom stereocenters. The largest absolute Gasteiger partial charge is 0.431 e. The first-order chi connectivity index (χ1) is 7.38. The van der Waals surface area contributed by atoms with Crippen LogP contribution in [0.1, 0.15) is 23.0 Å². The molecule has 0 spiro atoms. The molecule has 0 bridgehead atoms. The summed E-state index contributed by atoms with van der Waals surface area (Å²) in [5.74, 6) is -0.176. The number of H-pyrrole nitrogens is 1. The van der Waals surface area contributed by atoms with Gasteiger partial charge in [0.05, 0.1) is 0 Å². The van der Waals surface area contributed by atoms with Crippen molar-refractivity contribution >= 4 is 16.7 Å². The highest BCUT2D eigenvalue weighted by Gasteiger charge is 2.32. The summed E-state index contributed by atoms with van der Waals surface area (Å²) in [6, 6.07) is 5.46. The van der Waals surface area contributed by atoms with Gasteiger partial charge in [-0.2, -0.15) is 13.2 Å². The molecule has 1 aromatic heterocycles. The predicted octanol–water partition coefficient (Wildman–Crippen LogP) is 3.39. The molecule has 16 heavy (non-hydrogen) atoms. The van der Waals surface area contributed by atoms with E-state index in [-0.39, 0.29) is 5.78 Å². The normalized spacial score (nSPS) is 12.0. The highest BCUT2D eigenvalue weighted by Crippen LogP contribution is 2.31. The number of benzene rings is 1. The number of Topliss-reactive ketones (excluding diaryl/α,β-unsaturated/α-hetero) is 1. The second-order valence-corrected chi connectivity index (χ2v) is 3.54. The number of aromatic amines is 1. The molecule has 2 nitrogen and oxygen atoms in total. The zero-order chi connectivity index (χ0) is 11.9. The number of ketones is 1. The van der Waals surface area contributed by atoms with Gasteiger partial charge in [-0.05, 0) is 19.1 Å². The van der Waals surface area contributed by atoms with Crippen molar-refractivity contribution in [1.29, 1.82) is 0 Å². The lowest BCUT2D eigenvalue weighted by Gasteiger charge is -2.00. The molecule has 5 heteroatoms. The fourth-order valence-corrected chi connectivity index (χ4v) is 1.50. The van der Waals surface area contributed by atoms with Crippen LogP contribution in [0.25, 0.3) is 10.9 Å². The lowest BCUT2D eigenvalue weighted by Crippen LogP contribution is -2.04. The fraction of sp³-hybridized carbons (Fsp3) is 0.182. The van der Waals surface area contributed by atoms with Gasteiger partial charge in [-0.1, -0.05) is 12.1 Å². The van der Waals surface area contributed by atoms with Crippen molar-refractivity contribution in [3.05, 3.63) is 35.5 Å². The summed E-state index contributed by atoms with van der Waals surface area (Å²) >= 11 is 0. The molecule has 84 valence electrons. The topological polar surface area (TPSA) is 32.9 Å². The SMILES string of the molecule is CC(=O)c1ccc2cc(C(F)(F)F)[nH]c2c1. The number of halogens is 3. The van der Waals surface area contributed by atoms with Crippen LogP contribution >= 0.6 is 0 Å². The van der Waals surface area contributed by atoms with Gasteiger partial charge in [-0.25, -0.2) is 0 Å². The minimum Gasteiger partial charge on any atom is -0.351 e. The fourth-order valence-electron chi connectivity index (χ4n) is 1.50. The van der Waals surface area contributed by atoms with Gasteiger partial charge in [0, 0.05) is 16.5 Å². The molecule has 1 N–H and O–H groups in total. The van der Waals surface area contributed by atoms with Gasteiger partial charge in [0.15, 0.2) is 5.78 Å². The number of carbonyl (C=O) groups is 1. The maximum atomic E-state index is 12.4. The van der Waals surface area contributed by atoms with E-state index in [2.05, 4.69) is 4.98 Å². The number of rotatable bonds is 1. The van der Waals surface area contributed by atoms with Crippen LogP contribution in [0.3, 0.4) is 0 Å². The van der Waals surface area contributed by atoms with Crippen molar-refractivity contribution in [2.45, 2.75) is 13.1 Å². The Morgan fingerprint density at radius 3 is 2.50 bits per heavy atom. The van der Waals surface area contributed by atoms with Crippen molar-refractivity contribution in [2.75, 3.05) is 0 Å². The highest BCUT2D eigenvalue weighted by molar-refractivity contribution is 5.97. The highest BCUT2D eigenvalue weighted by atomic mass is 19.4. The third kappa shape index (κ3) is 1.80. The Morgan fingerprint density at radius 1 is 1.25 bits per heavy atom. The van der Waals surface area contributed by atoms with Gasteiger partial charge in [0.1, 0.15) is 5.69 Å². The molecule has 0 aliphatic heterocycles. The third-order valence-electron chi connectivity index (χ3n) is 2.33. The number of alkyl halides is 3. The van der Waals surface area contributed by atoms with E-state index in [9.17, 15) is 18.0 Å². The van der Waals surface area contributed by atoms with E-state index >= 15 is 0 Å². The number of carbonyl (C=O) groups excluding carboxylic acids is 1. The van der Waals surface area contributed by atoms with Gasteiger partial charge < -0.3 is 4.98 Å². The van der Waals surface area contributed by atoms with E-state index in [4.69, 9.17) is 0 Å². The number of nitrogens with one attached hydrogen (secondary N) is 1. The molecule has 0 amide bonds. The molecule has 0 saturated heterocycles. The van der Waals surface area contributed by atoms with Crippen LogP contribution in [0.2, 0.25) is 0 Å².